The van der Waals surface area contributed by atoms with E-state index < -0.39 is 5.97 Å². The highest BCUT2D eigenvalue weighted by atomic mass is 79.9. The molecular formula is C26H25BrN2O6. The van der Waals surface area contributed by atoms with E-state index >= 15 is 0 Å². The van der Waals surface area contributed by atoms with Crippen molar-refractivity contribution in [1.29, 1.82) is 0 Å². The molecule has 0 bridgehead atoms. The van der Waals surface area contributed by atoms with Crippen LogP contribution >= 0.6 is 15.9 Å². The summed E-state index contributed by atoms with van der Waals surface area (Å²) in [7, 11) is 4.55. The fraction of sp³-hybridized carbons (Fsp3) is 0.192. The van der Waals surface area contributed by atoms with Crippen molar-refractivity contribution in [3.8, 4) is 23.0 Å². The Morgan fingerprint density at radius 1 is 0.914 bits per heavy atom. The van der Waals surface area contributed by atoms with Gasteiger partial charge in [0.15, 0.2) is 23.0 Å². The van der Waals surface area contributed by atoms with Crippen LogP contribution in [0.4, 0.5) is 0 Å². The molecule has 1 amide bonds. The van der Waals surface area contributed by atoms with Crippen molar-refractivity contribution >= 4 is 34.0 Å². The lowest BCUT2D eigenvalue weighted by Gasteiger charge is -2.12. The van der Waals surface area contributed by atoms with Crippen LogP contribution in [0.15, 0.2) is 64.2 Å². The van der Waals surface area contributed by atoms with E-state index in [9.17, 15) is 9.59 Å². The number of esters is 1. The number of ether oxygens (including phenoxy) is 4. The molecule has 0 unspecified atom stereocenters. The average molecular weight is 541 g/mol. The van der Waals surface area contributed by atoms with E-state index in [0.29, 0.717) is 32.8 Å². The summed E-state index contributed by atoms with van der Waals surface area (Å²) in [5.74, 6) is 0.894. The molecule has 0 aliphatic rings. The summed E-state index contributed by atoms with van der Waals surface area (Å²) in [6.07, 6.45) is 1.57. The van der Waals surface area contributed by atoms with Gasteiger partial charge in [-0.2, -0.15) is 5.10 Å². The van der Waals surface area contributed by atoms with Crippen LogP contribution in [0.2, 0.25) is 0 Å². The first-order valence-corrected chi connectivity index (χ1v) is 11.3. The Morgan fingerprint density at radius 3 is 2.26 bits per heavy atom. The Bertz CT molecular complexity index is 1240. The summed E-state index contributed by atoms with van der Waals surface area (Å²) in [6, 6.07) is 15.7. The van der Waals surface area contributed by atoms with E-state index in [1.807, 2.05) is 19.1 Å². The first kappa shape index (κ1) is 25.8. The predicted octanol–water partition coefficient (Wildman–Crippen LogP) is 4.70. The molecule has 0 fully saturated rings. The number of carbonyl (C=O) groups excluding carboxylic acids is 2. The molecule has 9 heteroatoms. The van der Waals surface area contributed by atoms with Crippen LogP contribution in [-0.2, 0) is 11.2 Å². The zero-order valence-corrected chi connectivity index (χ0v) is 21.3. The quantitative estimate of drug-likeness (QED) is 0.183. The van der Waals surface area contributed by atoms with Gasteiger partial charge in [-0.25, -0.2) is 10.2 Å². The summed E-state index contributed by atoms with van der Waals surface area (Å²) in [5.41, 5.74) is 5.33. The lowest BCUT2D eigenvalue weighted by Crippen LogP contribution is -2.19. The van der Waals surface area contributed by atoms with Crippen molar-refractivity contribution < 1.29 is 28.5 Å². The molecule has 0 aliphatic heterocycles. The van der Waals surface area contributed by atoms with Crippen LogP contribution < -0.4 is 24.4 Å². The maximum Gasteiger partial charge on any atom is 0.343 e. The second kappa shape index (κ2) is 12.0. The lowest BCUT2D eigenvalue weighted by molar-refractivity contribution is -0.120. The highest BCUT2D eigenvalue weighted by molar-refractivity contribution is 9.10. The number of methoxy groups -OCH3 is 3. The van der Waals surface area contributed by atoms with Crippen LogP contribution in [0, 0.1) is 6.92 Å². The smallest absolute Gasteiger partial charge is 0.343 e. The Morgan fingerprint density at radius 2 is 1.60 bits per heavy atom. The molecule has 8 nitrogen and oxygen atoms in total. The number of hydrogen-bond donors (Lipinski definition) is 1. The van der Waals surface area contributed by atoms with Crippen LogP contribution in [0.1, 0.15) is 27.0 Å². The number of amides is 1. The van der Waals surface area contributed by atoms with E-state index in [-0.39, 0.29) is 18.1 Å². The van der Waals surface area contributed by atoms with Crippen LogP contribution in [0.5, 0.6) is 23.0 Å². The largest absolute Gasteiger partial charge is 0.493 e. The molecule has 3 rings (SSSR count). The molecule has 3 aromatic carbocycles. The van der Waals surface area contributed by atoms with E-state index in [1.165, 1.54) is 20.4 Å². The third kappa shape index (κ3) is 6.83. The Labute approximate surface area is 212 Å². The second-order valence-corrected chi connectivity index (χ2v) is 8.30. The van der Waals surface area contributed by atoms with Crippen molar-refractivity contribution in [3.05, 3.63) is 81.3 Å². The molecule has 35 heavy (non-hydrogen) atoms. The topological polar surface area (TPSA) is 95.5 Å². The van der Waals surface area contributed by atoms with Crippen LogP contribution in [0.3, 0.4) is 0 Å². The molecule has 1 N–H and O–H groups in total. The number of nitrogens with zero attached hydrogens (tertiary/aromatic N) is 1. The number of nitrogens with one attached hydrogen (secondary N) is 1. The highest BCUT2D eigenvalue weighted by Gasteiger charge is 2.17. The van der Waals surface area contributed by atoms with E-state index in [1.54, 1.807) is 49.6 Å². The zero-order chi connectivity index (χ0) is 25.4. The van der Waals surface area contributed by atoms with Crippen molar-refractivity contribution in [2.24, 2.45) is 5.10 Å². The van der Waals surface area contributed by atoms with Crippen LogP contribution in [0.25, 0.3) is 0 Å². The number of carbonyl (C=O) groups is 2. The van der Waals surface area contributed by atoms with Gasteiger partial charge >= 0.3 is 5.97 Å². The molecule has 0 aliphatic carbocycles. The molecule has 0 saturated carbocycles. The number of benzene rings is 3. The minimum absolute atomic E-state index is 0.110. The van der Waals surface area contributed by atoms with E-state index in [2.05, 4.69) is 26.5 Å². The first-order valence-electron chi connectivity index (χ1n) is 10.5. The van der Waals surface area contributed by atoms with Crippen molar-refractivity contribution in [1.82, 2.24) is 5.43 Å². The van der Waals surface area contributed by atoms with Gasteiger partial charge < -0.3 is 18.9 Å². The first-order chi connectivity index (χ1) is 16.8. The van der Waals surface area contributed by atoms with Gasteiger partial charge in [0.05, 0.1) is 44.0 Å². The number of halogens is 1. The summed E-state index contributed by atoms with van der Waals surface area (Å²) in [6.45, 7) is 1.94. The molecule has 0 radical (unpaired) electrons. The third-order valence-electron chi connectivity index (χ3n) is 4.95. The number of hydrazone groups is 1. The molecule has 0 saturated heterocycles. The molecule has 0 heterocycles. The van der Waals surface area contributed by atoms with Crippen molar-refractivity contribution in [3.63, 3.8) is 0 Å². The Hall–Kier alpha value is -3.85. The van der Waals surface area contributed by atoms with Gasteiger partial charge in [-0.15, -0.1) is 0 Å². The zero-order valence-electron chi connectivity index (χ0n) is 19.8. The van der Waals surface area contributed by atoms with Crippen molar-refractivity contribution in [2.45, 2.75) is 13.3 Å². The second-order valence-electron chi connectivity index (χ2n) is 7.45. The predicted molar refractivity (Wildman–Crippen MR) is 136 cm³/mol. The molecule has 0 aromatic heterocycles. The van der Waals surface area contributed by atoms with E-state index in [0.717, 1.165) is 11.1 Å². The summed E-state index contributed by atoms with van der Waals surface area (Å²) >= 11 is 3.41. The van der Waals surface area contributed by atoms with Gasteiger partial charge in [0.25, 0.3) is 0 Å². The van der Waals surface area contributed by atoms with Gasteiger partial charge in [0.2, 0.25) is 5.91 Å². The average Bonchev–Trinajstić information content (AvgIpc) is 2.85. The minimum atomic E-state index is -0.507. The molecule has 0 spiro atoms. The van der Waals surface area contributed by atoms with Crippen molar-refractivity contribution in [2.75, 3.05) is 21.3 Å². The normalized spacial score (nSPS) is 10.7. The fourth-order valence-electron chi connectivity index (χ4n) is 3.15. The van der Waals surface area contributed by atoms with Gasteiger partial charge in [-0.3, -0.25) is 4.79 Å². The minimum Gasteiger partial charge on any atom is -0.493 e. The molecule has 3 aromatic rings. The molecule has 0 atom stereocenters. The number of aryl methyl sites for hydroxylation is 1. The number of hydrogen-bond acceptors (Lipinski definition) is 7. The molecule has 182 valence electrons. The Kier molecular flexibility index (Phi) is 8.86. The highest BCUT2D eigenvalue weighted by Crippen LogP contribution is 2.37. The van der Waals surface area contributed by atoms with Gasteiger partial charge in [0, 0.05) is 0 Å². The van der Waals surface area contributed by atoms with Gasteiger partial charge in [0.1, 0.15) is 0 Å². The van der Waals surface area contributed by atoms with E-state index in [4.69, 9.17) is 18.9 Å². The summed E-state index contributed by atoms with van der Waals surface area (Å²) in [5, 5.41) is 4.01. The monoisotopic (exact) mass is 540 g/mol. The van der Waals surface area contributed by atoms with Gasteiger partial charge in [-0.1, -0.05) is 23.8 Å². The summed E-state index contributed by atoms with van der Waals surface area (Å²) in [4.78, 5) is 24.8. The fourth-order valence-corrected chi connectivity index (χ4v) is 3.69. The SMILES string of the molecule is COc1ccc(CC(=O)N/N=C/c2cc(Br)c(OC(=O)c3ccc(C)cc3)c(OC)c2)cc1OC. The lowest BCUT2D eigenvalue weighted by atomic mass is 10.1. The third-order valence-corrected chi connectivity index (χ3v) is 5.54. The van der Waals surface area contributed by atoms with Crippen LogP contribution in [-0.4, -0.2) is 39.4 Å². The number of rotatable bonds is 9. The summed E-state index contributed by atoms with van der Waals surface area (Å²) < 4.78 is 21.9. The Balaban J connectivity index is 1.66. The maximum atomic E-state index is 12.5. The standard InChI is InChI=1S/C26H25BrN2O6/c1-16-5-8-19(9-6-16)26(31)35-25-20(27)11-18(13-23(25)34-4)15-28-29-24(30)14-17-7-10-21(32-2)22(12-17)33-3/h5-13,15H,14H2,1-4H3,(H,29,30)/b28-15+. The molecular weight excluding hydrogens is 516 g/mol. The van der Waals surface area contributed by atoms with Gasteiger partial charge in [-0.05, 0) is 70.4 Å². The maximum absolute atomic E-state index is 12.5.